The normalized spacial score (nSPS) is 12.6. The molecule has 7 heteroatoms. The highest BCUT2D eigenvalue weighted by molar-refractivity contribution is 6.30. The number of rotatable bonds is 7. The third-order valence-electron chi connectivity index (χ3n) is 6.77. The number of fused-ring (bicyclic) bond motifs is 1. The molecule has 1 atom stereocenters. The zero-order valence-electron chi connectivity index (χ0n) is 23.3. The van der Waals surface area contributed by atoms with Crippen LogP contribution in [0.25, 0.3) is 22.2 Å². The maximum absolute atomic E-state index is 13.2. The minimum atomic E-state index is -0.952. The van der Waals surface area contributed by atoms with E-state index in [0.717, 1.165) is 44.7 Å². The van der Waals surface area contributed by atoms with Gasteiger partial charge >= 0.3 is 5.97 Å². The Morgan fingerprint density at radius 1 is 1.00 bits per heavy atom. The van der Waals surface area contributed by atoms with Crippen molar-refractivity contribution in [1.82, 2.24) is 9.55 Å². The second-order valence-corrected chi connectivity index (χ2v) is 10.9. The lowest BCUT2D eigenvalue weighted by molar-refractivity contribution is -0.164. The van der Waals surface area contributed by atoms with Gasteiger partial charge in [0.1, 0.15) is 11.4 Å². The first-order valence-corrected chi connectivity index (χ1v) is 13.0. The fourth-order valence-electron chi connectivity index (χ4n) is 4.82. The highest BCUT2D eigenvalue weighted by atomic mass is 35.5. The summed E-state index contributed by atoms with van der Waals surface area (Å²) in [7, 11) is 3.04. The quantitative estimate of drug-likeness (QED) is 0.232. The van der Waals surface area contributed by atoms with Crippen LogP contribution in [-0.4, -0.2) is 35.3 Å². The fraction of sp³-hybridized carbons (Fsp3) is 0.355. The molecule has 1 unspecified atom stereocenters. The van der Waals surface area contributed by atoms with Gasteiger partial charge in [-0.25, -0.2) is 9.78 Å². The number of aromatic nitrogens is 2. The Morgan fingerprint density at radius 2 is 1.63 bits per heavy atom. The molecular weight excluding hydrogens is 500 g/mol. The van der Waals surface area contributed by atoms with Crippen molar-refractivity contribution in [3.63, 3.8) is 0 Å². The number of nitrogens with zero attached hydrogens (tertiary/aromatic N) is 2. The van der Waals surface area contributed by atoms with Crippen molar-refractivity contribution in [2.75, 3.05) is 14.2 Å². The molecule has 0 amide bonds. The van der Waals surface area contributed by atoms with Gasteiger partial charge < -0.3 is 18.8 Å². The summed E-state index contributed by atoms with van der Waals surface area (Å²) in [6.45, 7) is 12.5. The third kappa shape index (κ3) is 5.42. The van der Waals surface area contributed by atoms with Crippen molar-refractivity contribution in [3.05, 3.63) is 81.6 Å². The summed E-state index contributed by atoms with van der Waals surface area (Å²) in [4.78, 5) is 18.2. The van der Waals surface area contributed by atoms with Gasteiger partial charge in [0.15, 0.2) is 6.10 Å². The van der Waals surface area contributed by atoms with Crippen LogP contribution in [0.15, 0.2) is 48.5 Å². The van der Waals surface area contributed by atoms with E-state index in [1.54, 1.807) is 7.11 Å². The summed E-state index contributed by atoms with van der Waals surface area (Å²) < 4.78 is 19.1. The predicted octanol–water partition coefficient (Wildman–Crippen LogP) is 7.37. The Kier molecular flexibility index (Phi) is 7.86. The van der Waals surface area contributed by atoms with E-state index < -0.39 is 17.7 Å². The molecular formula is C31H35ClN2O4. The number of ether oxygens (including phenoxy) is 3. The number of pyridine rings is 1. The fourth-order valence-corrected chi connectivity index (χ4v) is 4.95. The van der Waals surface area contributed by atoms with Gasteiger partial charge in [0, 0.05) is 39.5 Å². The van der Waals surface area contributed by atoms with Crippen molar-refractivity contribution in [1.29, 1.82) is 0 Å². The van der Waals surface area contributed by atoms with Crippen molar-refractivity contribution >= 4 is 28.6 Å². The van der Waals surface area contributed by atoms with Gasteiger partial charge in [0.05, 0.1) is 19.8 Å². The van der Waals surface area contributed by atoms with Crippen LogP contribution >= 0.6 is 11.6 Å². The van der Waals surface area contributed by atoms with Crippen molar-refractivity contribution in [3.8, 4) is 16.9 Å². The molecule has 4 rings (SSSR count). The molecule has 0 saturated heterocycles. The van der Waals surface area contributed by atoms with Crippen LogP contribution < -0.4 is 4.74 Å². The summed E-state index contributed by atoms with van der Waals surface area (Å²) in [5, 5.41) is 1.61. The van der Waals surface area contributed by atoms with E-state index >= 15 is 0 Å². The van der Waals surface area contributed by atoms with Gasteiger partial charge in [-0.15, -0.1) is 0 Å². The van der Waals surface area contributed by atoms with Crippen LogP contribution in [0, 0.1) is 20.8 Å². The maximum Gasteiger partial charge on any atom is 0.339 e. The average molecular weight is 535 g/mol. The van der Waals surface area contributed by atoms with E-state index in [1.807, 2.05) is 64.1 Å². The largest absolute Gasteiger partial charge is 0.497 e. The topological polar surface area (TPSA) is 62.6 Å². The number of hydrogen-bond acceptors (Lipinski definition) is 5. The highest BCUT2D eigenvalue weighted by Gasteiger charge is 2.34. The average Bonchev–Trinajstić information content (AvgIpc) is 3.11. The van der Waals surface area contributed by atoms with Crippen LogP contribution in [0.1, 0.15) is 55.0 Å². The standard InChI is InChI=1S/C31H35ClN2O4/c1-18-20(3)34(17-21-9-15-24(36-7)16-10-21)29-25(18)27(22-11-13-23(32)14-12-22)26(19(2)33-29)28(30(35)37-8)38-31(4,5)6/h9-16,28H,17H2,1-8H3. The molecule has 4 aromatic rings. The van der Waals surface area contributed by atoms with Crippen molar-refractivity contribution in [2.45, 2.75) is 59.8 Å². The minimum absolute atomic E-state index is 0.466. The monoisotopic (exact) mass is 534 g/mol. The smallest absolute Gasteiger partial charge is 0.339 e. The van der Waals surface area contributed by atoms with E-state index in [0.29, 0.717) is 22.8 Å². The first-order valence-electron chi connectivity index (χ1n) is 12.6. The zero-order chi connectivity index (χ0) is 27.8. The van der Waals surface area contributed by atoms with Gasteiger partial charge in [0.2, 0.25) is 0 Å². The molecule has 0 spiro atoms. The number of methoxy groups -OCH3 is 2. The van der Waals surface area contributed by atoms with E-state index in [-0.39, 0.29) is 0 Å². The summed E-state index contributed by atoms with van der Waals surface area (Å²) in [6.07, 6.45) is -0.952. The molecule has 2 aromatic carbocycles. The molecule has 0 fully saturated rings. The molecule has 2 aromatic heterocycles. The lowest BCUT2D eigenvalue weighted by Crippen LogP contribution is -2.29. The molecule has 38 heavy (non-hydrogen) atoms. The van der Waals surface area contributed by atoms with Crippen molar-refractivity contribution < 1.29 is 19.0 Å². The summed E-state index contributed by atoms with van der Waals surface area (Å²) in [5.74, 6) is 0.349. The minimum Gasteiger partial charge on any atom is -0.497 e. The van der Waals surface area contributed by atoms with Gasteiger partial charge in [-0.3, -0.25) is 0 Å². The summed E-state index contributed by atoms with van der Waals surface area (Å²) in [6, 6.07) is 15.7. The van der Waals surface area contributed by atoms with Gasteiger partial charge in [0.25, 0.3) is 0 Å². The van der Waals surface area contributed by atoms with Crippen LogP contribution in [0.2, 0.25) is 5.02 Å². The number of carbonyl (C=O) groups is 1. The maximum atomic E-state index is 13.2. The van der Waals surface area contributed by atoms with Gasteiger partial charge in [-0.05, 0) is 82.5 Å². The second kappa shape index (κ2) is 10.8. The van der Waals surface area contributed by atoms with Crippen LogP contribution in [0.5, 0.6) is 5.75 Å². The molecule has 200 valence electrons. The first-order chi connectivity index (χ1) is 17.9. The molecule has 6 nitrogen and oxygen atoms in total. The molecule has 0 saturated carbocycles. The molecule has 0 bridgehead atoms. The first kappa shape index (κ1) is 27.7. The molecule has 0 aliphatic heterocycles. The van der Waals surface area contributed by atoms with E-state index in [4.69, 9.17) is 30.8 Å². The number of hydrogen-bond donors (Lipinski definition) is 0. The Balaban J connectivity index is 2.04. The molecule has 0 aliphatic carbocycles. The highest BCUT2D eigenvalue weighted by Crippen LogP contribution is 2.42. The number of esters is 1. The molecule has 2 heterocycles. The molecule has 0 aliphatic rings. The summed E-state index contributed by atoms with van der Waals surface area (Å²) >= 11 is 6.26. The molecule has 0 radical (unpaired) electrons. The Hall–Kier alpha value is -3.35. The number of carbonyl (C=O) groups excluding carboxylic acids is 1. The lowest BCUT2D eigenvalue weighted by atomic mass is 9.91. The third-order valence-corrected chi connectivity index (χ3v) is 7.02. The lowest BCUT2D eigenvalue weighted by Gasteiger charge is -2.29. The number of benzene rings is 2. The van der Waals surface area contributed by atoms with Gasteiger partial charge in [-0.1, -0.05) is 35.9 Å². The summed E-state index contributed by atoms with van der Waals surface area (Å²) in [5.41, 5.74) is 6.80. The Morgan fingerprint density at radius 3 is 2.18 bits per heavy atom. The second-order valence-electron chi connectivity index (χ2n) is 10.5. The Labute approximate surface area is 229 Å². The van der Waals surface area contributed by atoms with E-state index in [2.05, 4.69) is 30.5 Å². The van der Waals surface area contributed by atoms with Gasteiger partial charge in [-0.2, -0.15) is 0 Å². The van der Waals surface area contributed by atoms with Crippen LogP contribution in [0.4, 0.5) is 0 Å². The van der Waals surface area contributed by atoms with E-state index in [9.17, 15) is 4.79 Å². The predicted molar refractivity (Wildman–Crippen MR) is 152 cm³/mol. The van der Waals surface area contributed by atoms with E-state index in [1.165, 1.54) is 7.11 Å². The Bertz CT molecular complexity index is 1470. The number of aryl methyl sites for hydroxylation is 2. The van der Waals surface area contributed by atoms with Crippen LogP contribution in [-0.2, 0) is 20.8 Å². The SMILES string of the molecule is COC(=O)C(OC(C)(C)C)c1c(C)nc2c(c(C)c(C)n2Cc2ccc(OC)cc2)c1-c1ccc(Cl)cc1. The van der Waals surface area contributed by atoms with Crippen LogP contribution in [0.3, 0.4) is 0 Å². The molecule has 0 N–H and O–H groups in total. The zero-order valence-corrected chi connectivity index (χ0v) is 24.1. The number of halogens is 1. The van der Waals surface area contributed by atoms with Crippen molar-refractivity contribution in [2.24, 2.45) is 0 Å².